The van der Waals surface area contributed by atoms with Crippen LogP contribution in [0, 0.1) is 5.92 Å². The summed E-state index contributed by atoms with van der Waals surface area (Å²) in [5.41, 5.74) is 8.53. The number of carbonyl (C=O) groups excluding carboxylic acids is 2. The molecule has 0 spiro atoms. The number of likely N-dealkylation sites (tertiary alicyclic amines) is 1. The molecule has 0 radical (unpaired) electrons. The van der Waals surface area contributed by atoms with Gasteiger partial charge in [-0.15, -0.1) is 12.4 Å². The molecular formula is C22H27ClN2O3. The number of methoxy groups -OCH3 is 1. The van der Waals surface area contributed by atoms with Gasteiger partial charge in [0.05, 0.1) is 13.5 Å². The number of ether oxygens (including phenoxy) is 1. The highest BCUT2D eigenvalue weighted by molar-refractivity contribution is 5.94. The lowest BCUT2D eigenvalue weighted by Gasteiger charge is -2.18. The Morgan fingerprint density at radius 2 is 1.86 bits per heavy atom. The number of hydrogen-bond acceptors (Lipinski definition) is 4. The fourth-order valence-electron chi connectivity index (χ4n) is 3.80. The van der Waals surface area contributed by atoms with Crippen LogP contribution < -0.4 is 10.5 Å². The minimum Gasteiger partial charge on any atom is -0.496 e. The zero-order chi connectivity index (χ0) is 19.4. The van der Waals surface area contributed by atoms with Crippen molar-refractivity contribution in [1.29, 1.82) is 0 Å². The van der Waals surface area contributed by atoms with E-state index in [-0.39, 0.29) is 42.4 Å². The minimum atomic E-state index is -0.0279. The predicted octanol–water partition coefficient (Wildman–Crippen LogP) is 3.06. The number of nitrogens with two attached hydrogens (primary N) is 1. The van der Waals surface area contributed by atoms with Crippen molar-refractivity contribution in [2.24, 2.45) is 11.7 Å². The monoisotopic (exact) mass is 402 g/mol. The van der Waals surface area contributed by atoms with E-state index in [0.29, 0.717) is 30.9 Å². The molecule has 6 heteroatoms. The third-order valence-electron chi connectivity index (χ3n) is 5.35. The number of rotatable bonds is 6. The van der Waals surface area contributed by atoms with Crippen LogP contribution in [-0.4, -0.2) is 43.3 Å². The zero-order valence-corrected chi connectivity index (χ0v) is 17.1. The highest BCUT2D eigenvalue weighted by atomic mass is 35.5. The molecule has 0 saturated carbocycles. The van der Waals surface area contributed by atoms with Gasteiger partial charge >= 0.3 is 0 Å². The molecule has 0 unspecified atom stereocenters. The Morgan fingerprint density at radius 1 is 1.14 bits per heavy atom. The van der Waals surface area contributed by atoms with E-state index < -0.39 is 0 Å². The highest BCUT2D eigenvalue weighted by Crippen LogP contribution is 2.32. The third kappa shape index (κ3) is 4.72. The first-order valence-corrected chi connectivity index (χ1v) is 9.24. The summed E-state index contributed by atoms with van der Waals surface area (Å²) in [5.74, 6) is 1.14. The van der Waals surface area contributed by atoms with Gasteiger partial charge in [-0.3, -0.25) is 9.59 Å². The maximum absolute atomic E-state index is 12.9. The third-order valence-corrected chi connectivity index (χ3v) is 5.35. The minimum absolute atomic E-state index is 0. The molecule has 1 aliphatic rings. The van der Waals surface area contributed by atoms with Gasteiger partial charge in [0.25, 0.3) is 0 Å². The molecule has 1 heterocycles. The van der Waals surface area contributed by atoms with Gasteiger partial charge in [0, 0.05) is 30.1 Å². The Morgan fingerprint density at radius 3 is 2.46 bits per heavy atom. The van der Waals surface area contributed by atoms with Crippen molar-refractivity contribution in [2.45, 2.75) is 19.3 Å². The second-order valence-electron chi connectivity index (χ2n) is 7.07. The fourth-order valence-corrected chi connectivity index (χ4v) is 3.80. The average Bonchev–Trinajstić information content (AvgIpc) is 3.13. The summed E-state index contributed by atoms with van der Waals surface area (Å²) in [5, 5.41) is 0. The van der Waals surface area contributed by atoms with Gasteiger partial charge in [-0.05, 0) is 43.1 Å². The summed E-state index contributed by atoms with van der Waals surface area (Å²) < 4.78 is 5.37. The van der Waals surface area contributed by atoms with Gasteiger partial charge in [-0.25, -0.2) is 0 Å². The van der Waals surface area contributed by atoms with Crippen LogP contribution in [0.4, 0.5) is 0 Å². The molecule has 2 N–H and O–H groups in total. The van der Waals surface area contributed by atoms with Crippen molar-refractivity contribution in [2.75, 3.05) is 26.7 Å². The standard InChI is InChI=1S/C22H26N2O3.ClH/c1-15(25)17-8-9-21(27-2)18(10-17)11-22(26)24-13-19(12-23)20(14-24)16-6-4-3-5-7-16;/h3-10,19-20H,11-14,23H2,1-2H3;1H/t19-,20+;/m1./s1. The van der Waals surface area contributed by atoms with Crippen LogP contribution in [0.25, 0.3) is 0 Å². The number of hydrogen-bond donors (Lipinski definition) is 1. The summed E-state index contributed by atoms with van der Waals surface area (Å²) in [6, 6.07) is 15.5. The van der Waals surface area contributed by atoms with Crippen LogP contribution in [0.5, 0.6) is 5.75 Å². The molecule has 28 heavy (non-hydrogen) atoms. The number of benzene rings is 2. The summed E-state index contributed by atoms with van der Waals surface area (Å²) in [6.45, 7) is 3.39. The Hall–Kier alpha value is -2.37. The van der Waals surface area contributed by atoms with Gasteiger partial charge in [0.15, 0.2) is 5.78 Å². The lowest BCUT2D eigenvalue weighted by atomic mass is 9.89. The van der Waals surface area contributed by atoms with Crippen LogP contribution in [0.3, 0.4) is 0 Å². The van der Waals surface area contributed by atoms with E-state index in [1.807, 2.05) is 23.1 Å². The van der Waals surface area contributed by atoms with E-state index in [0.717, 1.165) is 5.56 Å². The number of carbonyl (C=O) groups is 2. The first-order valence-electron chi connectivity index (χ1n) is 9.24. The largest absolute Gasteiger partial charge is 0.496 e. The molecule has 2 aromatic carbocycles. The topological polar surface area (TPSA) is 72.6 Å². The molecule has 1 saturated heterocycles. The SMILES string of the molecule is COc1ccc(C(C)=O)cc1CC(=O)N1C[C@@H](CN)[C@H](c2ccccc2)C1.Cl. The average molecular weight is 403 g/mol. The molecule has 1 fully saturated rings. The van der Waals surface area contributed by atoms with Gasteiger partial charge in [0.1, 0.15) is 5.75 Å². The van der Waals surface area contributed by atoms with Crippen LogP contribution >= 0.6 is 12.4 Å². The molecule has 0 aliphatic carbocycles. The van der Waals surface area contributed by atoms with Crippen molar-refractivity contribution in [3.05, 3.63) is 65.2 Å². The molecule has 0 aromatic heterocycles. The number of halogens is 1. The molecule has 5 nitrogen and oxygen atoms in total. The van der Waals surface area contributed by atoms with Crippen LogP contribution in [0.2, 0.25) is 0 Å². The molecular weight excluding hydrogens is 376 g/mol. The Labute approximate surface area is 172 Å². The number of Topliss-reactive ketones (excluding diaryl/α,β-unsaturated/α-hetero) is 1. The summed E-state index contributed by atoms with van der Waals surface area (Å²) >= 11 is 0. The Balaban J connectivity index is 0.00000280. The van der Waals surface area contributed by atoms with Gasteiger partial charge in [-0.2, -0.15) is 0 Å². The second-order valence-corrected chi connectivity index (χ2v) is 7.07. The molecule has 2 aromatic rings. The van der Waals surface area contributed by atoms with Crippen LogP contribution in [0.15, 0.2) is 48.5 Å². The highest BCUT2D eigenvalue weighted by Gasteiger charge is 2.35. The molecule has 1 amide bonds. The smallest absolute Gasteiger partial charge is 0.227 e. The quantitative estimate of drug-likeness (QED) is 0.753. The Bertz CT molecular complexity index is 826. The number of ketones is 1. The van der Waals surface area contributed by atoms with Gasteiger partial charge in [-0.1, -0.05) is 30.3 Å². The fraction of sp³-hybridized carbons (Fsp3) is 0.364. The maximum Gasteiger partial charge on any atom is 0.227 e. The van der Waals surface area contributed by atoms with E-state index in [1.54, 1.807) is 25.3 Å². The molecule has 150 valence electrons. The van der Waals surface area contributed by atoms with E-state index in [4.69, 9.17) is 10.5 Å². The van der Waals surface area contributed by atoms with Crippen LogP contribution in [-0.2, 0) is 11.2 Å². The van der Waals surface area contributed by atoms with Gasteiger partial charge in [0.2, 0.25) is 5.91 Å². The van der Waals surface area contributed by atoms with Crippen LogP contribution in [0.1, 0.15) is 34.3 Å². The Kier molecular flexibility index (Phi) is 7.61. The van der Waals surface area contributed by atoms with E-state index in [1.165, 1.54) is 12.5 Å². The lowest BCUT2D eigenvalue weighted by Crippen LogP contribution is -2.31. The lowest BCUT2D eigenvalue weighted by molar-refractivity contribution is -0.129. The van der Waals surface area contributed by atoms with E-state index >= 15 is 0 Å². The summed E-state index contributed by atoms with van der Waals surface area (Å²) in [4.78, 5) is 26.5. The van der Waals surface area contributed by atoms with Crippen molar-refractivity contribution in [3.8, 4) is 5.75 Å². The molecule has 1 aliphatic heterocycles. The predicted molar refractivity (Wildman–Crippen MR) is 112 cm³/mol. The molecule has 0 bridgehead atoms. The normalized spacial score (nSPS) is 18.5. The van der Waals surface area contributed by atoms with Crippen molar-refractivity contribution in [3.63, 3.8) is 0 Å². The molecule has 3 rings (SSSR count). The second kappa shape index (κ2) is 9.71. The summed E-state index contributed by atoms with van der Waals surface area (Å²) in [6.07, 6.45) is 0.211. The first kappa shape index (κ1) is 21.9. The maximum atomic E-state index is 12.9. The summed E-state index contributed by atoms with van der Waals surface area (Å²) in [7, 11) is 1.57. The molecule has 2 atom stereocenters. The number of amides is 1. The van der Waals surface area contributed by atoms with Crippen molar-refractivity contribution in [1.82, 2.24) is 4.90 Å². The van der Waals surface area contributed by atoms with Gasteiger partial charge < -0.3 is 15.4 Å². The zero-order valence-electron chi connectivity index (χ0n) is 16.3. The van der Waals surface area contributed by atoms with Crippen molar-refractivity contribution >= 4 is 24.1 Å². The first-order chi connectivity index (χ1) is 13.0. The van der Waals surface area contributed by atoms with E-state index in [9.17, 15) is 9.59 Å². The number of nitrogens with zero attached hydrogens (tertiary/aromatic N) is 1. The van der Waals surface area contributed by atoms with E-state index in [2.05, 4.69) is 12.1 Å². The van der Waals surface area contributed by atoms with Crippen molar-refractivity contribution < 1.29 is 14.3 Å².